The Morgan fingerprint density at radius 1 is 0.684 bits per heavy atom. The number of ether oxygens (including phenoxy) is 3. The van der Waals surface area contributed by atoms with Crippen LogP contribution < -0.4 is 16.4 Å². The van der Waals surface area contributed by atoms with Crippen molar-refractivity contribution in [3.63, 3.8) is 0 Å². The number of hydrazine groups is 1. The van der Waals surface area contributed by atoms with Crippen LogP contribution in [0, 0.1) is 0 Å². The fourth-order valence-electron chi connectivity index (χ4n) is 5.01. The SMILES string of the molecule is CC(C)(C)OC(=O)Nc1ccc(Cl)nc1NC(=O)c1ccc(CN(C(=O)OCc2cccnc2)N(Cc2ccc(C(N)=O)cc2)C(=O)OCc2cccnc2)cc1. The van der Waals surface area contributed by atoms with E-state index in [1.54, 1.807) is 87.9 Å². The number of carbonyl (C=O) groups is 5. The molecule has 0 bridgehead atoms. The predicted octanol–water partition coefficient (Wildman–Crippen LogP) is 7.12. The molecule has 0 spiro atoms. The van der Waals surface area contributed by atoms with E-state index in [9.17, 15) is 24.0 Å². The number of carbonyl (C=O) groups excluding carboxylic acids is 5. The molecule has 0 saturated carbocycles. The highest BCUT2D eigenvalue weighted by molar-refractivity contribution is 6.29. The van der Waals surface area contributed by atoms with Gasteiger partial charge in [0.05, 0.1) is 18.8 Å². The van der Waals surface area contributed by atoms with Gasteiger partial charge in [-0.05, 0) is 80.4 Å². The topological polar surface area (TPSA) is 208 Å². The number of nitrogens with zero attached hydrogens (tertiary/aromatic N) is 5. The van der Waals surface area contributed by atoms with E-state index in [-0.39, 0.29) is 54.1 Å². The van der Waals surface area contributed by atoms with Gasteiger partial charge in [0, 0.05) is 47.0 Å². The molecule has 4 N–H and O–H groups in total. The molecule has 5 amide bonds. The minimum atomic E-state index is -0.898. The summed E-state index contributed by atoms with van der Waals surface area (Å²) in [5, 5.41) is 7.42. The number of nitrogens with one attached hydrogen (secondary N) is 2. The minimum Gasteiger partial charge on any atom is -0.444 e. The van der Waals surface area contributed by atoms with Crippen molar-refractivity contribution < 1.29 is 38.2 Å². The molecule has 294 valence electrons. The number of pyridine rings is 3. The lowest BCUT2D eigenvalue weighted by atomic mass is 10.1. The van der Waals surface area contributed by atoms with Crippen LogP contribution in [0.15, 0.2) is 110 Å². The molecule has 57 heavy (non-hydrogen) atoms. The molecule has 0 aliphatic heterocycles. The molecular weight excluding hydrogens is 756 g/mol. The van der Waals surface area contributed by atoms with Crippen molar-refractivity contribution in [3.05, 3.63) is 148 Å². The third kappa shape index (κ3) is 12.5. The van der Waals surface area contributed by atoms with Gasteiger partial charge in [-0.3, -0.25) is 24.9 Å². The van der Waals surface area contributed by atoms with Crippen LogP contribution >= 0.6 is 11.6 Å². The zero-order chi connectivity index (χ0) is 41.0. The van der Waals surface area contributed by atoms with Crippen molar-refractivity contribution in [3.8, 4) is 0 Å². The average Bonchev–Trinajstić information content (AvgIpc) is 3.19. The zero-order valence-electron chi connectivity index (χ0n) is 31.2. The summed E-state index contributed by atoms with van der Waals surface area (Å²) in [5.41, 5.74) is 7.49. The molecule has 0 unspecified atom stereocenters. The number of amides is 5. The lowest BCUT2D eigenvalue weighted by Gasteiger charge is -2.33. The number of anilines is 2. The largest absolute Gasteiger partial charge is 0.444 e. The van der Waals surface area contributed by atoms with Crippen LogP contribution in [0.2, 0.25) is 5.15 Å². The summed E-state index contributed by atoms with van der Waals surface area (Å²) in [6, 6.07) is 22.1. The van der Waals surface area contributed by atoms with Crippen LogP contribution in [0.5, 0.6) is 0 Å². The van der Waals surface area contributed by atoms with Crippen LogP contribution in [-0.4, -0.2) is 60.7 Å². The maximum absolute atomic E-state index is 13.9. The molecule has 0 radical (unpaired) electrons. The van der Waals surface area contributed by atoms with Gasteiger partial charge in [0.25, 0.3) is 5.91 Å². The Balaban J connectivity index is 1.40. The van der Waals surface area contributed by atoms with Gasteiger partial charge in [0.2, 0.25) is 5.91 Å². The fourth-order valence-corrected chi connectivity index (χ4v) is 5.16. The molecule has 0 aliphatic carbocycles. The van der Waals surface area contributed by atoms with Crippen LogP contribution in [0.25, 0.3) is 0 Å². The quantitative estimate of drug-likeness (QED) is 0.0658. The lowest BCUT2D eigenvalue weighted by Crippen LogP contribution is -2.49. The minimum absolute atomic E-state index is 0.0192. The number of rotatable bonds is 12. The third-order valence-electron chi connectivity index (χ3n) is 7.73. The number of hydrogen-bond donors (Lipinski definition) is 3. The molecule has 3 heterocycles. The zero-order valence-corrected chi connectivity index (χ0v) is 31.9. The number of primary amides is 1. The Labute approximate surface area is 332 Å². The summed E-state index contributed by atoms with van der Waals surface area (Å²) in [6.45, 7) is 4.43. The number of nitrogens with two attached hydrogens (primary N) is 1. The molecule has 5 rings (SSSR count). The van der Waals surface area contributed by atoms with Gasteiger partial charge in [-0.25, -0.2) is 29.4 Å². The molecule has 0 saturated heterocycles. The van der Waals surface area contributed by atoms with Crippen molar-refractivity contribution in [2.24, 2.45) is 5.73 Å². The molecule has 3 aromatic heterocycles. The smallest absolute Gasteiger partial charge is 0.429 e. The van der Waals surface area contributed by atoms with E-state index < -0.39 is 35.7 Å². The van der Waals surface area contributed by atoms with Crippen LogP contribution in [0.3, 0.4) is 0 Å². The second-order valence-electron chi connectivity index (χ2n) is 13.3. The Morgan fingerprint density at radius 3 is 1.65 bits per heavy atom. The predicted molar refractivity (Wildman–Crippen MR) is 208 cm³/mol. The van der Waals surface area contributed by atoms with Crippen molar-refractivity contribution in [1.82, 2.24) is 25.0 Å². The van der Waals surface area contributed by atoms with Gasteiger partial charge < -0.3 is 25.3 Å². The Kier molecular flexibility index (Phi) is 13.7. The highest BCUT2D eigenvalue weighted by Gasteiger charge is 2.30. The van der Waals surface area contributed by atoms with Gasteiger partial charge in [-0.15, -0.1) is 0 Å². The van der Waals surface area contributed by atoms with Crippen molar-refractivity contribution in [2.75, 3.05) is 10.6 Å². The van der Waals surface area contributed by atoms with E-state index >= 15 is 0 Å². The first-order valence-corrected chi connectivity index (χ1v) is 17.7. The molecule has 17 heteroatoms. The van der Waals surface area contributed by atoms with E-state index in [2.05, 4.69) is 25.6 Å². The summed E-state index contributed by atoms with van der Waals surface area (Å²) < 4.78 is 16.6. The monoisotopic (exact) mass is 794 g/mol. The average molecular weight is 795 g/mol. The summed E-state index contributed by atoms with van der Waals surface area (Å²) in [7, 11) is 0. The van der Waals surface area contributed by atoms with Crippen LogP contribution in [-0.2, 0) is 40.5 Å². The first kappa shape index (κ1) is 41.1. The highest BCUT2D eigenvalue weighted by atomic mass is 35.5. The summed E-state index contributed by atoms with van der Waals surface area (Å²) in [5.74, 6) is -1.24. The number of aromatic nitrogens is 3. The van der Waals surface area contributed by atoms with Gasteiger partial charge in [-0.1, -0.05) is 48.0 Å². The Bertz CT molecular complexity index is 2190. The second kappa shape index (κ2) is 19.0. The molecule has 0 atom stereocenters. The lowest BCUT2D eigenvalue weighted by molar-refractivity contribution is -0.0356. The van der Waals surface area contributed by atoms with E-state index in [1.165, 1.54) is 42.6 Å². The number of benzene rings is 2. The Morgan fingerprint density at radius 2 is 1.19 bits per heavy atom. The molecular formula is C40H39ClN8O8. The van der Waals surface area contributed by atoms with Crippen LogP contribution in [0.4, 0.5) is 25.9 Å². The summed E-state index contributed by atoms with van der Waals surface area (Å²) >= 11 is 6.10. The maximum Gasteiger partial charge on any atom is 0.429 e. The van der Waals surface area contributed by atoms with E-state index in [4.69, 9.17) is 31.5 Å². The molecule has 5 aromatic rings. The van der Waals surface area contributed by atoms with E-state index in [0.717, 1.165) is 10.0 Å². The van der Waals surface area contributed by atoms with Gasteiger partial charge >= 0.3 is 18.3 Å². The first-order chi connectivity index (χ1) is 27.2. The number of hydrogen-bond acceptors (Lipinski definition) is 11. The highest BCUT2D eigenvalue weighted by Crippen LogP contribution is 2.24. The van der Waals surface area contributed by atoms with Gasteiger partial charge in [0.1, 0.15) is 24.0 Å². The molecule has 16 nitrogen and oxygen atoms in total. The normalized spacial score (nSPS) is 10.8. The van der Waals surface area contributed by atoms with Gasteiger partial charge in [-0.2, -0.15) is 0 Å². The van der Waals surface area contributed by atoms with Crippen molar-refractivity contribution in [2.45, 2.75) is 52.7 Å². The van der Waals surface area contributed by atoms with Crippen molar-refractivity contribution >= 4 is 53.2 Å². The van der Waals surface area contributed by atoms with E-state index in [1.807, 2.05) is 0 Å². The van der Waals surface area contributed by atoms with Crippen molar-refractivity contribution in [1.29, 1.82) is 0 Å². The summed E-state index contributed by atoms with van der Waals surface area (Å²) in [6.07, 6.45) is 3.69. The summed E-state index contributed by atoms with van der Waals surface area (Å²) in [4.78, 5) is 77.6. The second-order valence-corrected chi connectivity index (χ2v) is 13.7. The van der Waals surface area contributed by atoms with Gasteiger partial charge in [0.15, 0.2) is 5.82 Å². The maximum atomic E-state index is 13.9. The standard InChI is InChI=1S/C40H39ClN8O8/c1-40(2,3)57-37(52)45-32-16-17-33(41)46-35(32)47-36(51)31-14-10-27(11-15-31)23-49(39(54)56-25-29-7-5-19-44-21-29)48(22-26-8-12-30(13-9-26)34(42)50)38(53)55-24-28-6-4-18-43-20-28/h4-21H,22-25H2,1-3H3,(H2,42,50)(H,45,52)(H,46,47,51). The molecule has 2 aromatic carbocycles. The van der Waals surface area contributed by atoms with Crippen LogP contribution in [0.1, 0.15) is 63.7 Å². The molecule has 0 fully saturated rings. The van der Waals surface area contributed by atoms with E-state index in [0.29, 0.717) is 22.3 Å². The first-order valence-electron chi connectivity index (χ1n) is 17.4. The number of halogens is 1. The fraction of sp³-hybridized carbons (Fsp3) is 0.200. The molecule has 0 aliphatic rings. The third-order valence-corrected chi connectivity index (χ3v) is 7.94. The Hall–Kier alpha value is -7.07.